The topological polar surface area (TPSA) is 76.1 Å². The molecule has 6 nitrogen and oxygen atoms in total. The van der Waals surface area contributed by atoms with Crippen molar-refractivity contribution in [1.29, 1.82) is 0 Å². The van der Waals surface area contributed by atoms with Gasteiger partial charge in [0.1, 0.15) is 5.41 Å². The lowest BCUT2D eigenvalue weighted by Crippen LogP contribution is -2.42. The maximum atomic E-state index is 14.0. The molecular formula is C24H18ClNO5. The Morgan fingerprint density at radius 2 is 1.77 bits per heavy atom. The number of anilines is 1. The number of benzene rings is 3. The highest BCUT2D eigenvalue weighted by Gasteiger charge is 2.53. The summed E-state index contributed by atoms with van der Waals surface area (Å²) in [6.45, 7) is 0.400. The number of rotatable bonds is 5. The molecule has 2 aliphatic rings. The second-order valence-electron chi connectivity index (χ2n) is 7.58. The molecule has 7 heteroatoms. The Morgan fingerprint density at radius 1 is 1.03 bits per heavy atom. The monoisotopic (exact) mass is 435 g/mol. The van der Waals surface area contributed by atoms with E-state index in [-0.39, 0.29) is 19.1 Å². The Kier molecular flexibility index (Phi) is 4.59. The molecule has 156 valence electrons. The van der Waals surface area contributed by atoms with Crippen molar-refractivity contribution < 1.29 is 24.2 Å². The van der Waals surface area contributed by atoms with Crippen molar-refractivity contribution in [2.75, 3.05) is 11.7 Å². The molecule has 0 saturated carbocycles. The summed E-state index contributed by atoms with van der Waals surface area (Å²) in [5, 5.41) is 10.4. The molecule has 0 saturated heterocycles. The van der Waals surface area contributed by atoms with E-state index in [0.29, 0.717) is 39.9 Å². The fraction of sp³-hybridized carbons (Fsp3) is 0.167. The van der Waals surface area contributed by atoms with E-state index in [1.165, 1.54) is 0 Å². The highest BCUT2D eigenvalue weighted by Crippen LogP contribution is 2.50. The molecule has 0 radical (unpaired) electrons. The first-order chi connectivity index (χ1) is 15.0. The van der Waals surface area contributed by atoms with E-state index in [0.717, 1.165) is 5.56 Å². The Morgan fingerprint density at radius 3 is 2.55 bits per heavy atom. The van der Waals surface area contributed by atoms with Gasteiger partial charge < -0.3 is 19.5 Å². The summed E-state index contributed by atoms with van der Waals surface area (Å²) >= 11 is 6.00. The zero-order valence-electron chi connectivity index (χ0n) is 16.4. The van der Waals surface area contributed by atoms with Gasteiger partial charge in [-0.05, 0) is 47.0 Å². The lowest BCUT2D eigenvalue weighted by molar-refractivity contribution is -0.140. The van der Waals surface area contributed by atoms with E-state index in [1.54, 1.807) is 35.2 Å². The van der Waals surface area contributed by atoms with Crippen molar-refractivity contribution in [3.63, 3.8) is 0 Å². The number of hydrogen-bond donors (Lipinski definition) is 1. The van der Waals surface area contributed by atoms with Gasteiger partial charge in [0, 0.05) is 10.7 Å². The number of hydrogen-bond acceptors (Lipinski definition) is 4. The van der Waals surface area contributed by atoms with E-state index < -0.39 is 11.4 Å². The first kappa shape index (κ1) is 19.5. The minimum absolute atomic E-state index is 0.0952. The third kappa shape index (κ3) is 3.11. The first-order valence-corrected chi connectivity index (χ1v) is 10.1. The summed E-state index contributed by atoms with van der Waals surface area (Å²) in [5.41, 5.74) is 1.45. The highest BCUT2D eigenvalue weighted by atomic mass is 35.5. The van der Waals surface area contributed by atoms with Crippen LogP contribution in [-0.2, 0) is 21.5 Å². The summed E-state index contributed by atoms with van der Waals surface area (Å²) in [6.07, 6.45) is -0.375. The van der Waals surface area contributed by atoms with Crippen LogP contribution < -0.4 is 14.4 Å². The van der Waals surface area contributed by atoms with Crippen LogP contribution in [0.3, 0.4) is 0 Å². The largest absolute Gasteiger partial charge is 0.481 e. The summed E-state index contributed by atoms with van der Waals surface area (Å²) in [6, 6.07) is 19.8. The van der Waals surface area contributed by atoms with E-state index in [9.17, 15) is 14.7 Å². The van der Waals surface area contributed by atoms with Crippen LogP contribution in [0.4, 0.5) is 5.69 Å². The number of aliphatic carboxylic acids is 1. The van der Waals surface area contributed by atoms with Gasteiger partial charge >= 0.3 is 5.97 Å². The van der Waals surface area contributed by atoms with Gasteiger partial charge in [-0.1, -0.05) is 48.0 Å². The molecule has 2 aliphatic heterocycles. The van der Waals surface area contributed by atoms with Crippen LogP contribution in [0.5, 0.6) is 11.5 Å². The molecule has 3 aromatic carbocycles. The molecule has 31 heavy (non-hydrogen) atoms. The van der Waals surface area contributed by atoms with E-state index >= 15 is 0 Å². The third-order valence-electron chi connectivity index (χ3n) is 5.80. The van der Waals surface area contributed by atoms with Crippen molar-refractivity contribution in [2.24, 2.45) is 0 Å². The van der Waals surface area contributed by atoms with Gasteiger partial charge in [-0.15, -0.1) is 0 Å². The zero-order chi connectivity index (χ0) is 21.6. The predicted octanol–water partition coefficient (Wildman–Crippen LogP) is 4.38. The molecule has 0 aliphatic carbocycles. The quantitative estimate of drug-likeness (QED) is 0.643. The second-order valence-corrected chi connectivity index (χ2v) is 8.02. The van der Waals surface area contributed by atoms with Crippen LogP contribution in [-0.4, -0.2) is 23.8 Å². The summed E-state index contributed by atoms with van der Waals surface area (Å²) < 4.78 is 10.9. The molecule has 0 fully saturated rings. The van der Waals surface area contributed by atoms with E-state index in [1.807, 2.05) is 36.4 Å². The Balaban J connectivity index is 1.66. The van der Waals surface area contributed by atoms with Crippen molar-refractivity contribution in [3.8, 4) is 11.5 Å². The maximum absolute atomic E-state index is 14.0. The maximum Gasteiger partial charge on any atom is 0.305 e. The van der Waals surface area contributed by atoms with Crippen molar-refractivity contribution in [2.45, 2.75) is 18.4 Å². The van der Waals surface area contributed by atoms with Crippen LogP contribution in [0.2, 0.25) is 5.02 Å². The average Bonchev–Trinajstić information content (AvgIpc) is 3.32. The van der Waals surface area contributed by atoms with E-state index in [4.69, 9.17) is 21.1 Å². The normalized spacial score (nSPS) is 18.9. The summed E-state index contributed by atoms with van der Waals surface area (Å²) in [4.78, 5) is 27.6. The number of carboxylic acid groups (broad SMARTS) is 1. The van der Waals surface area contributed by atoms with Crippen LogP contribution in [0.1, 0.15) is 23.1 Å². The number of nitrogens with zero attached hydrogens (tertiary/aromatic N) is 1. The highest BCUT2D eigenvalue weighted by molar-refractivity contribution is 6.30. The molecule has 1 atom stereocenters. The molecule has 2 heterocycles. The SMILES string of the molecule is O=C(O)CC1(c2ccc3c(c2)OCO3)C(=O)N(Cc2ccc(Cl)cc2)c2ccccc21. The molecule has 3 aromatic rings. The predicted molar refractivity (Wildman–Crippen MR) is 115 cm³/mol. The van der Waals surface area contributed by atoms with Gasteiger partial charge in [0.2, 0.25) is 12.7 Å². The molecule has 1 unspecified atom stereocenters. The van der Waals surface area contributed by atoms with Gasteiger partial charge in [-0.3, -0.25) is 9.59 Å². The third-order valence-corrected chi connectivity index (χ3v) is 6.05. The number of fused-ring (bicyclic) bond motifs is 2. The number of halogens is 1. The van der Waals surface area contributed by atoms with Crippen LogP contribution in [0.15, 0.2) is 66.7 Å². The van der Waals surface area contributed by atoms with E-state index in [2.05, 4.69) is 0 Å². The number of ether oxygens (including phenoxy) is 2. The smallest absolute Gasteiger partial charge is 0.305 e. The summed E-state index contributed by atoms with van der Waals surface area (Å²) in [7, 11) is 0. The molecular weight excluding hydrogens is 418 g/mol. The Labute approximate surface area is 183 Å². The van der Waals surface area contributed by atoms with Crippen LogP contribution in [0.25, 0.3) is 0 Å². The standard InChI is InChI=1S/C24H18ClNO5/c25-17-8-5-15(6-9-17)13-26-19-4-2-1-3-18(19)24(23(26)29,12-22(27)28)16-7-10-20-21(11-16)31-14-30-20/h1-11H,12-14H2,(H,27,28). The second kappa shape index (κ2) is 7.32. The van der Waals surface area contributed by atoms with Gasteiger partial charge in [0.05, 0.1) is 13.0 Å². The van der Waals surface area contributed by atoms with Crippen molar-refractivity contribution >= 4 is 29.2 Å². The number of amides is 1. The number of para-hydroxylation sites is 1. The van der Waals surface area contributed by atoms with Crippen molar-refractivity contribution in [1.82, 2.24) is 0 Å². The first-order valence-electron chi connectivity index (χ1n) is 9.77. The number of carboxylic acids is 1. The molecule has 0 bridgehead atoms. The molecule has 1 N–H and O–H groups in total. The lowest BCUT2D eigenvalue weighted by Gasteiger charge is -2.28. The van der Waals surface area contributed by atoms with Gasteiger partial charge in [0.25, 0.3) is 0 Å². The molecule has 1 amide bonds. The average molecular weight is 436 g/mol. The number of carbonyl (C=O) groups excluding carboxylic acids is 1. The fourth-order valence-electron chi connectivity index (χ4n) is 4.39. The molecule has 5 rings (SSSR count). The lowest BCUT2D eigenvalue weighted by atomic mass is 9.72. The zero-order valence-corrected chi connectivity index (χ0v) is 17.1. The van der Waals surface area contributed by atoms with Crippen LogP contribution in [0, 0.1) is 0 Å². The van der Waals surface area contributed by atoms with Gasteiger partial charge in [-0.25, -0.2) is 0 Å². The Bertz CT molecular complexity index is 1190. The van der Waals surface area contributed by atoms with Crippen LogP contribution >= 0.6 is 11.6 Å². The minimum Gasteiger partial charge on any atom is -0.481 e. The molecule has 0 aromatic heterocycles. The fourth-order valence-corrected chi connectivity index (χ4v) is 4.52. The Hall–Kier alpha value is -3.51. The summed E-state index contributed by atoms with van der Waals surface area (Å²) in [5.74, 6) is -0.270. The van der Waals surface area contributed by atoms with Gasteiger partial charge in [0.15, 0.2) is 11.5 Å². The molecule has 0 spiro atoms. The van der Waals surface area contributed by atoms with Gasteiger partial charge in [-0.2, -0.15) is 0 Å². The minimum atomic E-state index is -1.37. The number of carbonyl (C=O) groups is 2. The van der Waals surface area contributed by atoms with Crippen molar-refractivity contribution in [3.05, 3.63) is 88.4 Å².